The SMILES string of the molecule is C=CCn1c(COc2ccc(F)c(Cl)c2)nnc1SCC(=O)Nc1scc(-c2ccccc2)c1C(=O)OCC. The molecule has 0 radical (unpaired) electrons. The normalized spacial score (nSPS) is 10.7. The van der Waals surface area contributed by atoms with Crippen molar-refractivity contribution in [3.05, 3.63) is 88.8 Å². The first-order chi connectivity index (χ1) is 18.9. The third-order valence-electron chi connectivity index (χ3n) is 5.30. The molecule has 0 spiro atoms. The fraction of sp³-hybridized carbons (Fsp3) is 0.185. The summed E-state index contributed by atoms with van der Waals surface area (Å²) in [4.78, 5) is 25.6. The zero-order chi connectivity index (χ0) is 27.8. The molecule has 0 unspecified atom stereocenters. The summed E-state index contributed by atoms with van der Waals surface area (Å²) in [5.41, 5.74) is 1.86. The third kappa shape index (κ3) is 7.05. The molecule has 2 aromatic carbocycles. The number of halogens is 2. The Balaban J connectivity index is 1.44. The van der Waals surface area contributed by atoms with Gasteiger partial charge < -0.3 is 14.8 Å². The quantitative estimate of drug-likeness (QED) is 0.115. The maximum Gasteiger partial charge on any atom is 0.341 e. The topological polar surface area (TPSA) is 95.3 Å². The summed E-state index contributed by atoms with van der Waals surface area (Å²) >= 11 is 8.26. The minimum absolute atomic E-state index is 0.0184. The molecule has 0 aliphatic heterocycles. The Morgan fingerprint density at radius 1 is 1.23 bits per heavy atom. The van der Waals surface area contributed by atoms with Crippen molar-refractivity contribution in [1.29, 1.82) is 0 Å². The highest BCUT2D eigenvalue weighted by molar-refractivity contribution is 7.99. The summed E-state index contributed by atoms with van der Waals surface area (Å²) in [7, 11) is 0. The first-order valence-electron chi connectivity index (χ1n) is 11.8. The van der Waals surface area contributed by atoms with Gasteiger partial charge in [-0.2, -0.15) is 0 Å². The van der Waals surface area contributed by atoms with Crippen molar-refractivity contribution in [2.45, 2.75) is 25.2 Å². The van der Waals surface area contributed by atoms with E-state index in [0.29, 0.717) is 39.4 Å². The predicted molar refractivity (Wildman–Crippen MR) is 151 cm³/mol. The van der Waals surface area contributed by atoms with Crippen LogP contribution in [0.4, 0.5) is 9.39 Å². The van der Waals surface area contributed by atoms with Crippen LogP contribution >= 0.6 is 34.7 Å². The summed E-state index contributed by atoms with van der Waals surface area (Å²) in [5.74, 6) is -0.467. The highest BCUT2D eigenvalue weighted by atomic mass is 35.5. The van der Waals surface area contributed by atoms with Gasteiger partial charge in [0.1, 0.15) is 28.7 Å². The van der Waals surface area contributed by atoms with Crippen LogP contribution in [0.2, 0.25) is 5.02 Å². The van der Waals surface area contributed by atoms with Gasteiger partial charge in [-0.1, -0.05) is 59.8 Å². The molecule has 8 nitrogen and oxygen atoms in total. The standard InChI is InChI=1S/C27H24ClFN4O4S2/c1-3-12-33-22(14-37-18-10-11-21(29)20(28)13-18)31-32-27(33)39-16-23(34)30-25-24(26(35)36-4-2)19(15-38-25)17-8-6-5-7-9-17/h3,5-11,13,15H,1,4,12,14,16H2,2H3,(H,30,34). The second-order valence-corrected chi connectivity index (χ2v) is 10.2. The molecule has 2 heterocycles. The number of rotatable bonds is 12. The summed E-state index contributed by atoms with van der Waals surface area (Å²) in [6.45, 7) is 6.15. The van der Waals surface area contributed by atoms with Crippen LogP contribution in [-0.2, 0) is 22.7 Å². The van der Waals surface area contributed by atoms with E-state index in [4.69, 9.17) is 21.1 Å². The molecule has 0 aliphatic rings. The van der Waals surface area contributed by atoms with E-state index in [1.165, 1.54) is 41.3 Å². The second kappa shape index (κ2) is 13.4. The Morgan fingerprint density at radius 2 is 2.03 bits per heavy atom. The molecule has 1 N–H and O–H groups in total. The highest BCUT2D eigenvalue weighted by Gasteiger charge is 2.23. The lowest BCUT2D eigenvalue weighted by Gasteiger charge is -2.10. The van der Waals surface area contributed by atoms with Crippen LogP contribution in [-0.4, -0.2) is 39.0 Å². The van der Waals surface area contributed by atoms with E-state index in [0.717, 1.165) is 5.56 Å². The molecule has 12 heteroatoms. The number of carbonyl (C=O) groups is 2. The maximum absolute atomic E-state index is 13.4. The van der Waals surface area contributed by atoms with Gasteiger partial charge in [0.15, 0.2) is 11.0 Å². The summed E-state index contributed by atoms with van der Waals surface area (Å²) in [6.07, 6.45) is 1.67. The Hall–Kier alpha value is -3.67. The van der Waals surface area contributed by atoms with Crippen LogP contribution in [0, 0.1) is 5.82 Å². The van der Waals surface area contributed by atoms with E-state index < -0.39 is 11.8 Å². The molecule has 4 rings (SSSR count). The van der Waals surface area contributed by atoms with Crippen LogP contribution in [0.15, 0.2) is 71.7 Å². The van der Waals surface area contributed by atoms with Gasteiger partial charge in [-0.15, -0.1) is 28.1 Å². The second-order valence-electron chi connectivity index (χ2n) is 7.94. The minimum Gasteiger partial charge on any atom is -0.486 e. The Kier molecular flexibility index (Phi) is 9.74. The number of aromatic nitrogens is 3. The molecule has 0 aliphatic carbocycles. The first-order valence-corrected chi connectivity index (χ1v) is 14.0. The molecule has 39 heavy (non-hydrogen) atoms. The van der Waals surface area contributed by atoms with Crippen molar-refractivity contribution in [1.82, 2.24) is 14.8 Å². The van der Waals surface area contributed by atoms with Gasteiger partial charge in [-0.25, -0.2) is 9.18 Å². The molecule has 1 amide bonds. The van der Waals surface area contributed by atoms with E-state index in [1.54, 1.807) is 17.6 Å². The Morgan fingerprint density at radius 3 is 2.74 bits per heavy atom. The average molecular weight is 587 g/mol. The number of carbonyl (C=O) groups excluding carboxylic acids is 2. The van der Waals surface area contributed by atoms with Crippen LogP contribution in [0.25, 0.3) is 11.1 Å². The Bertz CT molecular complexity index is 1480. The maximum atomic E-state index is 13.4. The lowest BCUT2D eigenvalue weighted by molar-refractivity contribution is -0.113. The number of esters is 1. The summed E-state index contributed by atoms with van der Waals surface area (Å²) in [6, 6.07) is 13.5. The largest absolute Gasteiger partial charge is 0.486 e. The van der Waals surface area contributed by atoms with E-state index in [2.05, 4.69) is 22.1 Å². The molecule has 0 fully saturated rings. The smallest absolute Gasteiger partial charge is 0.341 e. The molecular formula is C27H24ClFN4O4S2. The van der Waals surface area contributed by atoms with E-state index in [1.807, 2.05) is 35.7 Å². The van der Waals surface area contributed by atoms with Gasteiger partial charge in [-0.05, 0) is 24.6 Å². The van der Waals surface area contributed by atoms with Gasteiger partial charge in [0.25, 0.3) is 0 Å². The number of allylic oxidation sites excluding steroid dienone is 1. The zero-order valence-electron chi connectivity index (χ0n) is 20.9. The van der Waals surface area contributed by atoms with Gasteiger partial charge in [0.05, 0.1) is 17.4 Å². The van der Waals surface area contributed by atoms with E-state index >= 15 is 0 Å². The van der Waals surface area contributed by atoms with Crippen LogP contribution in [0.5, 0.6) is 5.75 Å². The number of thioether (sulfide) groups is 1. The number of nitrogens with one attached hydrogen (secondary N) is 1. The van der Waals surface area contributed by atoms with E-state index in [-0.39, 0.29) is 29.9 Å². The van der Waals surface area contributed by atoms with Gasteiger partial charge >= 0.3 is 5.97 Å². The highest BCUT2D eigenvalue weighted by Crippen LogP contribution is 2.36. The number of nitrogens with zero attached hydrogens (tertiary/aromatic N) is 3. The molecule has 0 saturated carbocycles. The van der Waals surface area contributed by atoms with Crippen molar-refractivity contribution in [3.8, 4) is 16.9 Å². The fourth-order valence-electron chi connectivity index (χ4n) is 3.54. The lowest BCUT2D eigenvalue weighted by atomic mass is 10.0. The number of thiophene rings is 1. The number of benzene rings is 2. The molecule has 4 aromatic rings. The molecular weight excluding hydrogens is 563 g/mol. The monoisotopic (exact) mass is 586 g/mol. The van der Waals surface area contributed by atoms with Crippen LogP contribution < -0.4 is 10.1 Å². The average Bonchev–Trinajstić information content (AvgIpc) is 3.53. The van der Waals surface area contributed by atoms with Gasteiger partial charge in [0, 0.05) is 23.6 Å². The van der Waals surface area contributed by atoms with Crippen LogP contribution in [0.3, 0.4) is 0 Å². The van der Waals surface area contributed by atoms with Gasteiger partial charge in [-0.3, -0.25) is 9.36 Å². The molecule has 0 atom stereocenters. The molecule has 0 bridgehead atoms. The number of amides is 1. The van der Waals surface area contributed by atoms with Crippen LogP contribution in [0.1, 0.15) is 23.1 Å². The minimum atomic E-state index is -0.538. The zero-order valence-corrected chi connectivity index (χ0v) is 23.2. The predicted octanol–water partition coefficient (Wildman–Crippen LogP) is 6.47. The van der Waals surface area contributed by atoms with Crippen molar-refractivity contribution < 1.29 is 23.5 Å². The summed E-state index contributed by atoms with van der Waals surface area (Å²) in [5, 5.41) is 13.9. The third-order valence-corrected chi connectivity index (χ3v) is 7.46. The van der Waals surface area contributed by atoms with Crippen molar-refractivity contribution in [2.75, 3.05) is 17.7 Å². The molecule has 2 aromatic heterocycles. The Labute approximate surface area is 237 Å². The lowest BCUT2D eigenvalue weighted by Crippen LogP contribution is -2.17. The number of hydrogen-bond donors (Lipinski definition) is 1. The number of anilines is 1. The fourth-order valence-corrected chi connectivity index (χ4v) is 5.45. The molecule has 202 valence electrons. The van der Waals surface area contributed by atoms with Crippen molar-refractivity contribution >= 4 is 51.6 Å². The first kappa shape index (κ1) is 28.3. The van der Waals surface area contributed by atoms with E-state index in [9.17, 15) is 14.0 Å². The molecule has 0 saturated heterocycles. The van der Waals surface area contributed by atoms with Crippen molar-refractivity contribution in [3.63, 3.8) is 0 Å². The summed E-state index contributed by atoms with van der Waals surface area (Å²) < 4.78 is 26.1. The number of hydrogen-bond acceptors (Lipinski definition) is 8. The van der Waals surface area contributed by atoms with Gasteiger partial charge in [0.2, 0.25) is 5.91 Å². The van der Waals surface area contributed by atoms with Crippen molar-refractivity contribution in [2.24, 2.45) is 0 Å². The number of ether oxygens (including phenoxy) is 2.